The SMILES string of the molecule is COc1nc(CC#N)no1. The van der Waals surface area contributed by atoms with Crippen molar-refractivity contribution in [1.29, 1.82) is 5.26 Å². The zero-order chi connectivity index (χ0) is 7.40. The van der Waals surface area contributed by atoms with Crippen LogP contribution in [0, 0.1) is 11.3 Å². The molecule has 0 aliphatic carbocycles. The van der Waals surface area contributed by atoms with Crippen LogP contribution in [0.4, 0.5) is 0 Å². The molecule has 0 N–H and O–H groups in total. The Morgan fingerprint density at radius 1 is 1.80 bits per heavy atom. The van der Waals surface area contributed by atoms with Gasteiger partial charge in [0, 0.05) is 0 Å². The Balaban J connectivity index is 2.70. The van der Waals surface area contributed by atoms with Gasteiger partial charge in [0.25, 0.3) is 0 Å². The molecule has 1 heterocycles. The quantitative estimate of drug-likeness (QED) is 0.582. The highest BCUT2D eigenvalue weighted by atomic mass is 16.6. The maximum absolute atomic E-state index is 8.19. The predicted molar refractivity (Wildman–Crippen MR) is 30.2 cm³/mol. The Morgan fingerprint density at radius 3 is 3.10 bits per heavy atom. The van der Waals surface area contributed by atoms with Gasteiger partial charge in [-0.3, -0.25) is 4.52 Å². The molecule has 5 nitrogen and oxygen atoms in total. The first-order chi connectivity index (χ1) is 4.86. The first kappa shape index (κ1) is 6.55. The van der Waals surface area contributed by atoms with Crippen LogP contribution >= 0.6 is 0 Å². The van der Waals surface area contributed by atoms with E-state index in [0.717, 1.165) is 0 Å². The van der Waals surface area contributed by atoms with E-state index in [1.807, 2.05) is 6.07 Å². The van der Waals surface area contributed by atoms with Crippen LogP contribution < -0.4 is 4.74 Å². The fraction of sp³-hybridized carbons (Fsp3) is 0.400. The van der Waals surface area contributed by atoms with Crippen LogP contribution in [0.25, 0.3) is 0 Å². The highest BCUT2D eigenvalue weighted by Crippen LogP contribution is 2.04. The first-order valence-electron chi connectivity index (χ1n) is 2.60. The highest BCUT2D eigenvalue weighted by Gasteiger charge is 2.03. The molecule has 1 aromatic heterocycles. The lowest BCUT2D eigenvalue weighted by Gasteiger charge is -1.81. The van der Waals surface area contributed by atoms with Crippen molar-refractivity contribution in [2.75, 3.05) is 7.11 Å². The highest BCUT2D eigenvalue weighted by molar-refractivity contribution is 4.96. The number of aromatic nitrogens is 2. The molecule has 0 amide bonds. The van der Waals surface area contributed by atoms with Crippen molar-refractivity contribution in [3.8, 4) is 12.1 Å². The third-order valence-corrected chi connectivity index (χ3v) is 0.861. The van der Waals surface area contributed by atoms with Crippen molar-refractivity contribution in [1.82, 2.24) is 10.1 Å². The van der Waals surface area contributed by atoms with Crippen molar-refractivity contribution in [2.24, 2.45) is 0 Å². The van der Waals surface area contributed by atoms with E-state index in [2.05, 4.69) is 19.4 Å². The summed E-state index contributed by atoms with van der Waals surface area (Å²) in [6.07, 6.45) is 0.234. The van der Waals surface area contributed by atoms with Gasteiger partial charge in [0.05, 0.1) is 19.6 Å². The van der Waals surface area contributed by atoms with Crippen molar-refractivity contribution < 1.29 is 9.26 Å². The topological polar surface area (TPSA) is 71.9 Å². The largest absolute Gasteiger partial charge is 0.452 e. The van der Waals surface area contributed by atoms with Gasteiger partial charge in [-0.05, 0) is 0 Å². The average molecular weight is 139 g/mol. The summed E-state index contributed by atoms with van der Waals surface area (Å²) in [5.41, 5.74) is 0. The van der Waals surface area contributed by atoms with E-state index < -0.39 is 0 Å². The van der Waals surface area contributed by atoms with Crippen molar-refractivity contribution >= 4 is 0 Å². The maximum atomic E-state index is 8.19. The molecular weight excluding hydrogens is 134 g/mol. The summed E-state index contributed by atoms with van der Waals surface area (Å²) in [5, 5.41) is 11.6. The number of nitriles is 1. The molecule has 1 aromatic rings. The Kier molecular flexibility index (Phi) is 1.85. The lowest BCUT2D eigenvalue weighted by molar-refractivity contribution is 0.250. The van der Waals surface area contributed by atoms with Crippen LogP contribution in [0.5, 0.6) is 6.08 Å². The van der Waals surface area contributed by atoms with Crippen LogP contribution in [-0.2, 0) is 6.42 Å². The molecule has 0 bridgehead atoms. The molecule has 0 aromatic carbocycles. The van der Waals surface area contributed by atoms with Gasteiger partial charge in [0.15, 0.2) is 5.82 Å². The van der Waals surface area contributed by atoms with Crippen LogP contribution in [-0.4, -0.2) is 17.3 Å². The Hall–Kier alpha value is -1.57. The maximum Gasteiger partial charge on any atom is 0.417 e. The minimum atomic E-state index is 0.0882. The molecule has 52 valence electrons. The van der Waals surface area contributed by atoms with Crippen LogP contribution in [0.3, 0.4) is 0 Å². The van der Waals surface area contributed by atoms with Gasteiger partial charge in [-0.1, -0.05) is 5.16 Å². The molecule has 1 rings (SSSR count). The molecule has 0 saturated heterocycles. The molecule has 0 atom stereocenters. The molecular formula is C5H5N3O2. The van der Waals surface area contributed by atoms with Gasteiger partial charge in [0.1, 0.15) is 0 Å². The van der Waals surface area contributed by atoms with E-state index in [1.165, 1.54) is 7.11 Å². The second-order valence-electron chi connectivity index (χ2n) is 1.52. The standard InChI is InChI=1S/C5H5N3O2/c1-9-5-7-4(2-3-6)8-10-5/h2H2,1H3. The zero-order valence-corrected chi connectivity index (χ0v) is 5.37. The number of ether oxygens (including phenoxy) is 1. The van der Waals surface area contributed by atoms with Crippen LogP contribution in [0.2, 0.25) is 0 Å². The summed E-state index contributed by atoms with van der Waals surface area (Å²) in [5.74, 6) is 0.347. The number of rotatable bonds is 2. The zero-order valence-electron chi connectivity index (χ0n) is 5.37. The number of hydrogen-bond donors (Lipinski definition) is 0. The smallest absolute Gasteiger partial charge is 0.417 e. The lowest BCUT2D eigenvalue weighted by atomic mass is 10.5. The second kappa shape index (κ2) is 2.82. The van der Waals surface area contributed by atoms with Crippen molar-refractivity contribution in [3.63, 3.8) is 0 Å². The predicted octanol–water partition coefficient (Wildman–Crippen LogP) is 0.144. The molecule has 0 unspecified atom stereocenters. The Morgan fingerprint density at radius 2 is 2.60 bits per heavy atom. The van der Waals surface area contributed by atoms with E-state index >= 15 is 0 Å². The van der Waals surface area contributed by atoms with E-state index in [4.69, 9.17) is 5.26 Å². The summed E-state index contributed by atoms with van der Waals surface area (Å²) in [6, 6.07) is 1.88. The number of hydrogen-bond acceptors (Lipinski definition) is 5. The minimum Gasteiger partial charge on any atom is -0.452 e. The third kappa shape index (κ3) is 1.23. The van der Waals surface area contributed by atoms with E-state index in [-0.39, 0.29) is 12.5 Å². The molecule has 0 aliphatic heterocycles. The minimum absolute atomic E-state index is 0.0882. The van der Waals surface area contributed by atoms with Gasteiger partial charge in [-0.2, -0.15) is 10.2 Å². The molecule has 5 heteroatoms. The Bertz CT molecular complexity index is 250. The summed E-state index contributed by atoms with van der Waals surface area (Å²) < 4.78 is 9.12. The average Bonchev–Trinajstić information content (AvgIpc) is 2.37. The number of nitrogens with zero attached hydrogens (tertiary/aromatic N) is 3. The lowest BCUT2D eigenvalue weighted by Crippen LogP contribution is -1.84. The molecule has 0 saturated carbocycles. The molecule has 0 radical (unpaired) electrons. The summed E-state index contributed by atoms with van der Waals surface area (Å²) in [7, 11) is 1.42. The van der Waals surface area contributed by atoms with Gasteiger partial charge < -0.3 is 4.74 Å². The van der Waals surface area contributed by atoms with E-state index in [0.29, 0.717) is 5.82 Å². The van der Waals surface area contributed by atoms with E-state index in [1.54, 1.807) is 0 Å². The van der Waals surface area contributed by atoms with Gasteiger partial charge in [0.2, 0.25) is 0 Å². The summed E-state index contributed by atoms with van der Waals surface area (Å²) >= 11 is 0. The molecule has 0 spiro atoms. The van der Waals surface area contributed by atoms with Crippen LogP contribution in [0.1, 0.15) is 5.82 Å². The molecule has 0 fully saturated rings. The summed E-state index contributed by atoms with van der Waals surface area (Å²) in [6.45, 7) is 0. The normalized spacial score (nSPS) is 8.80. The molecule has 0 aliphatic rings. The van der Waals surface area contributed by atoms with Crippen molar-refractivity contribution in [3.05, 3.63) is 5.82 Å². The van der Waals surface area contributed by atoms with E-state index in [9.17, 15) is 0 Å². The van der Waals surface area contributed by atoms with Gasteiger partial charge >= 0.3 is 6.08 Å². The first-order valence-corrected chi connectivity index (χ1v) is 2.60. The van der Waals surface area contributed by atoms with Gasteiger partial charge in [-0.15, -0.1) is 0 Å². The molecule has 10 heavy (non-hydrogen) atoms. The van der Waals surface area contributed by atoms with Crippen LogP contribution in [0.15, 0.2) is 4.52 Å². The second-order valence-corrected chi connectivity index (χ2v) is 1.52. The monoisotopic (exact) mass is 139 g/mol. The fourth-order valence-electron chi connectivity index (χ4n) is 0.463. The van der Waals surface area contributed by atoms with Gasteiger partial charge in [-0.25, -0.2) is 0 Å². The number of methoxy groups -OCH3 is 1. The Labute approximate surface area is 57.2 Å². The fourth-order valence-corrected chi connectivity index (χ4v) is 0.463. The van der Waals surface area contributed by atoms with Crippen molar-refractivity contribution in [2.45, 2.75) is 6.42 Å². The summed E-state index contributed by atoms with van der Waals surface area (Å²) in [4.78, 5) is 3.70. The third-order valence-electron chi connectivity index (χ3n) is 0.861.